The first-order chi connectivity index (χ1) is 11.7. The number of nitrogens with one attached hydrogen (secondary N) is 2. The first kappa shape index (κ1) is 18.7. The fraction of sp³-hybridized carbons (Fsp3) is 0.632. The molecule has 1 saturated heterocycles. The van der Waals surface area contributed by atoms with E-state index < -0.39 is 0 Å². The number of aryl methyl sites for hydroxylation is 1. The van der Waals surface area contributed by atoms with Crippen LogP contribution in [0.5, 0.6) is 0 Å². The third kappa shape index (κ3) is 6.89. The molecule has 2 N–H and O–H groups in total. The summed E-state index contributed by atoms with van der Waals surface area (Å²) in [5.74, 6) is 0.884. The molecule has 0 aliphatic carbocycles. The lowest BCUT2D eigenvalue weighted by atomic mass is 10.1. The molecular weight excluding hydrogens is 298 g/mol. The van der Waals surface area contributed by atoms with Crippen LogP contribution in [0.1, 0.15) is 24.0 Å². The van der Waals surface area contributed by atoms with Crippen LogP contribution in [0.15, 0.2) is 29.3 Å². The van der Waals surface area contributed by atoms with Crippen molar-refractivity contribution in [2.24, 2.45) is 4.99 Å². The highest BCUT2D eigenvalue weighted by Crippen LogP contribution is 2.03. The molecule has 1 aromatic rings. The minimum atomic E-state index is 0.807. The number of unbranched alkanes of at least 4 members (excludes halogenated alkanes) is 1. The maximum atomic E-state index is 4.29. The zero-order valence-corrected chi connectivity index (χ0v) is 15.5. The molecule has 1 aromatic carbocycles. The summed E-state index contributed by atoms with van der Waals surface area (Å²) in [5.41, 5.74) is 2.57. The third-order valence-electron chi connectivity index (χ3n) is 4.59. The van der Waals surface area contributed by atoms with E-state index in [1.165, 1.54) is 56.7 Å². The first-order valence-corrected chi connectivity index (χ1v) is 9.08. The predicted molar refractivity (Wildman–Crippen MR) is 103 cm³/mol. The smallest absolute Gasteiger partial charge is 0.191 e. The molecule has 1 aliphatic heterocycles. The van der Waals surface area contributed by atoms with E-state index in [-0.39, 0.29) is 0 Å². The molecule has 0 amide bonds. The maximum absolute atomic E-state index is 4.29. The first-order valence-electron chi connectivity index (χ1n) is 9.08. The Morgan fingerprint density at radius 1 is 1.04 bits per heavy atom. The Kier molecular flexibility index (Phi) is 8.05. The molecule has 1 fully saturated rings. The summed E-state index contributed by atoms with van der Waals surface area (Å²) in [6.45, 7) is 9.93. The lowest BCUT2D eigenvalue weighted by molar-refractivity contribution is 0.152. The molecule has 0 atom stereocenters. The summed E-state index contributed by atoms with van der Waals surface area (Å²) in [6.07, 6.45) is 2.42. The van der Waals surface area contributed by atoms with Crippen LogP contribution >= 0.6 is 0 Å². The van der Waals surface area contributed by atoms with E-state index in [0.717, 1.165) is 19.0 Å². The van der Waals surface area contributed by atoms with Gasteiger partial charge in [-0.3, -0.25) is 4.99 Å². The normalized spacial score (nSPS) is 17.0. The van der Waals surface area contributed by atoms with Crippen LogP contribution in [0.2, 0.25) is 0 Å². The summed E-state index contributed by atoms with van der Waals surface area (Å²) in [6, 6.07) is 8.61. The second-order valence-electron chi connectivity index (χ2n) is 6.69. The molecule has 0 saturated carbocycles. The third-order valence-corrected chi connectivity index (χ3v) is 4.59. The zero-order chi connectivity index (χ0) is 17.2. The van der Waals surface area contributed by atoms with Crippen molar-refractivity contribution in [3.63, 3.8) is 0 Å². The van der Waals surface area contributed by atoms with Crippen molar-refractivity contribution in [3.05, 3.63) is 35.4 Å². The molecule has 2 rings (SSSR count). The second kappa shape index (κ2) is 10.3. The van der Waals surface area contributed by atoms with Gasteiger partial charge in [0.05, 0.1) is 0 Å². The Morgan fingerprint density at radius 3 is 2.42 bits per heavy atom. The SMILES string of the molecule is CN=C(NCCCCN1CCN(C)CC1)NCc1ccc(C)cc1. The Labute approximate surface area is 147 Å². The molecule has 5 nitrogen and oxygen atoms in total. The van der Waals surface area contributed by atoms with Crippen molar-refractivity contribution in [1.29, 1.82) is 0 Å². The number of piperazine rings is 1. The average Bonchev–Trinajstić information content (AvgIpc) is 2.60. The summed E-state index contributed by atoms with van der Waals surface area (Å²) in [5, 5.41) is 6.78. The van der Waals surface area contributed by atoms with Crippen LogP contribution in [0, 0.1) is 6.92 Å². The van der Waals surface area contributed by atoms with Gasteiger partial charge >= 0.3 is 0 Å². The maximum Gasteiger partial charge on any atom is 0.191 e. The zero-order valence-electron chi connectivity index (χ0n) is 15.5. The van der Waals surface area contributed by atoms with Gasteiger partial charge in [-0.05, 0) is 38.9 Å². The van der Waals surface area contributed by atoms with Crippen LogP contribution in [-0.2, 0) is 6.54 Å². The van der Waals surface area contributed by atoms with Gasteiger partial charge in [-0.2, -0.15) is 0 Å². The number of likely N-dealkylation sites (N-methyl/N-ethyl adjacent to an activating group) is 1. The van der Waals surface area contributed by atoms with E-state index in [2.05, 4.69) is 63.7 Å². The number of hydrogen-bond acceptors (Lipinski definition) is 3. The Morgan fingerprint density at radius 2 is 1.75 bits per heavy atom. The minimum Gasteiger partial charge on any atom is -0.356 e. The molecule has 0 radical (unpaired) electrons. The number of hydrogen-bond donors (Lipinski definition) is 2. The molecule has 1 aliphatic rings. The number of benzene rings is 1. The van der Waals surface area contributed by atoms with Crippen LogP contribution in [-0.4, -0.2) is 69.1 Å². The van der Waals surface area contributed by atoms with E-state index >= 15 is 0 Å². The number of nitrogens with zero attached hydrogens (tertiary/aromatic N) is 3. The van der Waals surface area contributed by atoms with Gasteiger partial charge < -0.3 is 20.4 Å². The largest absolute Gasteiger partial charge is 0.356 e. The van der Waals surface area contributed by atoms with Gasteiger partial charge in [0.15, 0.2) is 5.96 Å². The summed E-state index contributed by atoms with van der Waals surface area (Å²) in [4.78, 5) is 9.27. The van der Waals surface area contributed by atoms with Crippen LogP contribution < -0.4 is 10.6 Å². The molecule has 5 heteroatoms. The van der Waals surface area contributed by atoms with E-state index in [9.17, 15) is 0 Å². The van der Waals surface area contributed by atoms with Gasteiger partial charge in [-0.25, -0.2) is 0 Å². The Hall–Kier alpha value is -1.59. The molecule has 0 bridgehead atoms. The van der Waals surface area contributed by atoms with Crippen molar-refractivity contribution in [1.82, 2.24) is 20.4 Å². The van der Waals surface area contributed by atoms with Gasteiger partial charge in [-0.1, -0.05) is 29.8 Å². The Bertz CT molecular complexity index is 489. The number of aliphatic imine (C=N–C) groups is 1. The van der Waals surface area contributed by atoms with Crippen molar-refractivity contribution in [2.75, 3.05) is 53.4 Å². The van der Waals surface area contributed by atoms with E-state index in [0.29, 0.717) is 0 Å². The number of guanidine groups is 1. The quantitative estimate of drug-likeness (QED) is 0.453. The van der Waals surface area contributed by atoms with Gasteiger partial charge in [0.25, 0.3) is 0 Å². The predicted octanol–water partition coefficient (Wildman–Crippen LogP) is 1.69. The van der Waals surface area contributed by atoms with Gasteiger partial charge in [0, 0.05) is 46.3 Å². The fourth-order valence-corrected chi connectivity index (χ4v) is 2.85. The van der Waals surface area contributed by atoms with Gasteiger partial charge in [0.2, 0.25) is 0 Å². The summed E-state index contributed by atoms with van der Waals surface area (Å²) >= 11 is 0. The lowest BCUT2D eigenvalue weighted by Gasteiger charge is -2.32. The van der Waals surface area contributed by atoms with Crippen molar-refractivity contribution >= 4 is 5.96 Å². The van der Waals surface area contributed by atoms with E-state index in [1.54, 1.807) is 0 Å². The highest BCUT2D eigenvalue weighted by molar-refractivity contribution is 5.79. The van der Waals surface area contributed by atoms with Crippen LogP contribution in [0.4, 0.5) is 0 Å². The molecule has 1 heterocycles. The fourth-order valence-electron chi connectivity index (χ4n) is 2.85. The highest BCUT2D eigenvalue weighted by Gasteiger charge is 2.12. The standard InChI is InChI=1S/C19H33N5/c1-17-6-8-18(9-7-17)16-22-19(20-2)21-10-4-5-11-24-14-12-23(3)13-15-24/h6-9H,4-5,10-16H2,1-3H3,(H2,20,21,22). The summed E-state index contributed by atoms with van der Waals surface area (Å²) in [7, 11) is 4.03. The topological polar surface area (TPSA) is 42.9 Å². The Balaban J connectivity index is 1.55. The summed E-state index contributed by atoms with van der Waals surface area (Å²) < 4.78 is 0. The molecule has 0 aromatic heterocycles. The minimum absolute atomic E-state index is 0.807. The monoisotopic (exact) mass is 331 g/mol. The van der Waals surface area contributed by atoms with E-state index in [4.69, 9.17) is 0 Å². The molecule has 0 spiro atoms. The van der Waals surface area contributed by atoms with Crippen LogP contribution in [0.25, 0.3) is 0 Å². The second-order valence-corrected chi connectivity index (χ2v) is 6.69. The molecule has 24 heavy (non-hydrogen) atoms. The molecule has 0 unspecified atom stereocenters. The average molecular weight is 332 g/mol. The van der Waals surface area contributed by atoms with E-state index in [1.807, 2.05) is 7.05 Å². The molecule has 134 valence electrons. The van der Waals surface area contributed by atoms with Crippen molar-refractivity contribution in [3.8, 4) is 0 Å². The van der Waals surface area contributed by atoms with Crippen molar-refractivity contribution < 1.29 is 0 Å². The number of rotatable bonds is 7. The molecular formula is C19H33N5. The highest BCUT2D eigenvalue weighted by atomic mass is 15.2. The van der Waals surface area contributed by atoms with Crippen LogP contribution in [0.3, 0.4) is 0 Å². The van der Waals surface area contributed by atoms with Gasteiger partial charge in [-0.15, -0.1) is 0 Å². The lowest BCUT2D eigenvalue weighted by Crippen LogP contribution is -2.44. The van der Waals surface area contributed by atoms with Crippen molar-refractivity contribution in [2.45, 2.75) is 26.3 Å². The van der Waals surface area contributed by atoms with Gasteiger partial charge in [0.1, 0.15) is 0 Å².